The first-order chi connectivity index (χ1) is 7.50. The molecule has 0 spiro atoms. The van der Waals surface area contributed by atoms with Gasteiger partial charge < -0.3 is 11.1 Å². The summed E-state index contributed by atoms with van der Waals surface area (Å²) in [4.78, 5) is 28.3. The number of thioether (sulfide) groups is 1. The maximum atomic E-state index is 11.3. The Labute approximate surface area is 105 Å². The molecule has 0 aromatic carbocycles. The number of carbonyl (C=O) groups is 1. The van der Waals surface area contributed by atoms with Gasteiger partial charge in [-0.3, -0.25) is 14.6 Å². The molecule has 0 aliphatic rings. The minimum Gasteiger partial charge on any atom is -0.369 e. The fourth-order valence-electron chi connectivity index (χ4n) is 0.925. The molecule has 1 amide bonds. The lowest BCUT2D eigenvalue weighted by molar-refractivity contribution is -0.118. The number of aromatic amines is 1. The number of H-pyrrole nitrogens is 1. The number of nitrogens with two attached hydrogens (primary N) is 1. The average molecular weight is 307 g/mol. The van der Waals surface area contributed by atoms with Gasteiger partial charge in [0, 0.05) is 19.2 Å². The number of hydrogen-bond acceptors (Lipinski definition) is 5. The van der Waals surface area contributed by atoms with Crippen LogP contribution in [0.5, 0.6) is 0 Å². The molecule has 88 valence electrons. The minimum atomic E-state index is -0.311. The highest BCUT2D eigenvalue weighted by Gasteiger charge is 2.07. The summed E-state index contributed by atoms with van der Waals surface area (Å²) in [5, 5.41) is 3.16. The lowest BCUT2D eigenvalue weighted by Crippen LogP contribution is -2.22. The highest BCUT2D eigenvalue weighted by atomic mass is 79.9. The van der Waals surface area contributed by atoms with Crippen molar-refractivity contribution in [3.8, 4) is 0 Å². The third-order valence-corrected chi connectivity index (χ3v) is 3.54. The SMILES string of the molecule is CC(=O)NCCSc1nc(N)[nH]c(=O)c1Br. The van der Waals surface area contributed by atoms with Crippen LogP contribution >= 0.6 is 27.7 Å². The first kappa shape index (κ1) is 13.0. The van der Waals surface area contributed by atoms with Gasteiger partial charge in [0.1, 0.15) is 9.50 Å². The number of nitrogens with one attached hydrogen (secondary N) is 2. The molecule has 0 saturated carbocycles. The van der Waals surface area contributed by atoms with Gasteiger partial charge in [-0.15, -0.1) is 11.8 Å². The van der Waals surface area contributed by atoms with E-state index in [0.29, 0.717) is 21.8 Å². The van der Waals surface area contributed by atoms with E-state index in [-0.39, 0.29) is 17.4 Å². The molecule has 1 aromatic rings. The smallest absolute Gasteiger partial charge is 0.267 e. The molecule has 0 aliphatic heterocycles. The summed E-state index contributed by atoms with van der Waals surface area (Å²) in [5.41, 5.74) is 5.10. The van der Waals surface area contributed by atoms with E-state index in [0.717, 1.165) is 0 Å². The predicted molar refractivity (Wildman–Crippen MR) is 66.4 cm³/mol. The van der Waals surface area contributed by atoms with E-state index >= 15 is 0 Å². The van der Waals surface area contributed by atoms with Crippen LogP contribution in [-0.4, -0.2) is 28.2 Å². The van der Waals surface area contributed by atoms with Crippen molar-refractivity contribution in [1.82, 2.24) is 15.3 Å². The van der Waals surface area contributed by atoms with Gasteiger partial charge >= 0.3 is 0 Å². The molecule has 0 unspecified atom stereocenters. The summed E-state index contributed by atoms with van der Waals surface area (Å²) in [5.74, 6) is 0.613. The zero-order valence-corrected chi connectivity index (χ0v) is 10.9. The Hall–Kier alpha value is -1.02. The van der Waals surface area contributed by atoms with Crippen LogP contribution in [0.15, 0.2) is 14.3 Å². The Morgan fingerprint density at radius 1 is 1.69 bits per heavy atom. The second kappa shape index (κ2) is 5.90. The van der Waals surface area contributed by atoms with E-state index in [2.05, 4.69) is 31.2 Å². The average Bonchev–Trinajstić information content (AvgIpc) is 2.19. The van der Waals surface area contributed by atoms with Crippen molar-refractivity contribution < 1.29 is 4.79 Å². The molecule has 8 heteroatoms. The van der Waals surface area contributed by atoms with Crippen LogP contribution in [-0.2, 0) is 4.79 Å². The van der Waals surface area contributed by atoms with Crippen molar-refractivity contribution in [2.45, 2.75) is 11.9 Å². The molecule has 0 bridgehead atoms. The highest BCUT2D eigenvalue weighted by Crippen LogP contribution is 2.21. The Balaban J connectivity index is 2.60. The van der Waals surface area contributed by atoms with Crippen molar-refractivity contribution in [2.24, 2.45) is 0 Å². The maximum absolute atomic E-state index is 11.3. The third kappa shape index (κ3) is 3.86. The summed E-state index contributed by atoms with van der Waals surface area (Å²) >= 11 is 4.47. The number of aromatic nitrogens is 2. The molecule has 0 radical (unpaired) electrons. The molecular weight excluding hydrogens is 296 g/mol. The summed E-state index contributed by atoms with van der Waals surface area (Å²) in [6.07, 6.45) is 0. The highest BCUT2D eigenvalue weighted by molar-refractivity contribution is 9.10. The Bertz CT molecular complexity index is 448. The van der Waals surface area contributed by atoms with Crippen molar-refractivity contribution >= 4 is 39.5 Å². The molecule has 1 rings (SSSR count). The number of nitrogens with zero attached hydrogens (tertiary/aromatic N) is 1. The Morgan fingerprint density at radius 3 is 3.00 bits per heavy atom. The zero-order chi connectivity index (χ0) is 12.1. The number of nitrogen functional groups attached to an aromatic ring is 1. The minimum absolute atomic E-state index is 0.0789. The summed E-state index contributed by atoms with van der Waals surface area (Å²) < 4.78 is 0.356. The zero-order valence-electron chi connectivity index (χ0n) is 8.54. The normalized spacial score (nSPS) is 10.1. The van der Waals surface area contributed by atoms with Crippen molar-refractivity contribution in [3.63, 3.8) is 0 Å². The lowest BCUT2D eigenvalue weighted by atomic mass is 10.6. The Morgan fingerprint density at radius 2 is 2.38 bits per heavy atom. The molecule has 16 heavy (non-hydrogen) atoms. The number of rotatable bonds is 4. The molecule has 6 nitrogen and oxygen atoms in total. The summed E-state index contributed by atoms with van der Waals surface area (Å²) in [6.45, 7) is 1.96. The molecule has 0 saturated heterocycles. The second-order valence-electron chi connectivity index (χ2n) is 2.90. The number of anilines is 1. The predicted octanol–water partition coefficient (Wildman–Crippen LogP) is 0.343. The standard InChI is InChI=1S/C8H11BrN4O2S/c1-4(14)11-2-3-16-7-5(9)6(15)12-8(10)13-7/h2-3H2,1H3,(H,11,14)(H3,10,12,13,15). The van der Waals surface area contributed by atoms with E-state index in [1.54, 1.807) is 0 Å². The number of carbonyl (C=O) groups excluding carboxylic acids is 1. The summed E-state index contributed by atoms with van der Waals surface area (Å²) in [6, 6.07) is 0. The van der Waals surface area contributed by atoms with Gasteiger partial charge in [-0.2, -0.15) is 0 Å². The maximum Gasteiger partial charge on any atom is 0.267 e. The van der Waals surface area contributed by atoms with Crippen molar-refractivity contribution in [1.29, 1.82) is 0 Å². The van der Waals surface area contributed by atoms with Gasteiger partial charge in [-0.1, -0.05) is 0 Å². The quantitative estimate of drug-likeness (QED) is 0.423. The molecule has 1 aromatic heterocycles. The van der Waals surface area contributed by atoms with Crippen molar-refractivity contribution in [3.05, 3.63) is 14.8 Å². The number of halogens is 1. The van der Waals surface area contributed by atoms with E-state index in [9.17, 15) is 9.59 Å². The molecule has 4 N–H and O–H groups in total. The lowest BCUT2D eigenvalue weighted by Gasteiger charge is -2.04. The monoisotopic (exact) mass is 306 g/mol. The van der Waals surface area contributed by atoms with E-state index in [1.807, 2.05) is 0 Å². The van der Waals surface area contributed by atoms with Gasteiger partial charge in [0.2, 0.25) is 11.9 Å². The van der Waals surface area contributed by atoms with Crippen LogP contribution in [0.3, 0.4) is 0 Å². The number of hydrogen-bond donors (Lipinski definition) is 3. The van der Waals surface area contributed by atoms with Crippen LogP contribution in [0, 0.1) is 0 Å². The third-order valence-electron chi connectivity index (χ3n) is 1.57. The molecule has 0 atom stereocenters. The topological polar surface area (TPSA) is 101 Å². The van der Waals surface area contributed by atoms with Gasteiger partial charge in [0.15, 0.2) is 0 Å². The largest absolute Gasteiger partial charge is 0.369 e. The van der Waals surface area contributed by atoms with Gasteiger partial charge in [0.05, 0.1) is 0 Å². The first-order valence-corrected chi connectivity index (χ1v) is 6.21. The van der Waals surface area contributed by atoms with Gasteiger partial charge in [0.25, 0.3) is 5.56 Å². The van der Waals surface area contributed by atoms with Crippen LogP contribution in [0.4, 0.5) is 5.95 Å². The van der Waals surface area contributed by atoms with Crippen LogP contribution in [0.25, 0.3) is 0 Å². The summed E-state index contributed by atoms with van der Waals surface area (Å²) in [7, 11) is 0. The van der Waals surface area contributed by atoms with Gasteiger partial charge in [-0.05, 0) is 15.9 Å². The van der Waals surface area contributed by atoms with Crippen LogP contribution < -0.4 is 16.6 Å². The van der Waals surface area contributed by atoms with E-state index in [1.165, 1.54) is 18.7 Å². The molecular formula is C8H11BrN4O2S. The molecule has 1 heterocycles. The van der Waals surface area contributed by atoms with E-state index in [4.69, 9.17) is 5.73 Å². The Kier molecular flexibility index (Phi) is 4.81. The fraction of sp³-hybridized carbons (Fsp3) is 0.375. The van der Waals surface area contributed by atoms with Gasteiger partial charge in [-0.25, -0.2) is 4.98 Å². The molecule has 0 fully saturated rings. The van der Waals surface area contributed by atoms with Crippen LogP contribution in [0.2, 0.25) is 0 Å². The van der Waals surface area contributed by atoms with Crippen molar-refractivity contribution in [2.75, 3.05) is 18.0 Å². The second-order valence-corrected chi connectivity index (χ2v) is 4.78. The first-order valence-electron chi connectivity index (χ1n) is 4.43. The van der Waals surface area contributed by atoms with Crippen LogP contribution in [0.1, 0.15) is 6.92 Å². The molecule has 0 aliphatic carbocycles. The van der Waals surface area contributed by atoms with E-state index < -0.39 is 0 Å². The fourth-order valence-corrected chi connectivity index (χ4v) is 2.24. The number of amides is 1.